The lowest BCUT2D eigenvalue weighted by atomic mass is 10.2. The van der Waals surface area contributed by atoms with Gasteiger partial charge >= 0.3 is 0 Å². The summed E-state index contributed by atoms with van der Waals surface area (Å²) in [6.45, 7) is 2.00. The smallest absolute Gasteiger partial charge is 0.292 e. The average molecular weight is 272 g/mol. The molecule has 0 unspecified atom stereocenters. The van der Waals surface area contributed by atoms with E-state index < -0.39 is 4.92 Å². The van der Waals surface area contributed by atoms with Gasteiger partial charge in [0.1, 0.15) is 5.69 Å². The standard InChI is InChI=1S/C14H13N3O3/c1-11-6-4-5-9-16(11)10-14(18)15-12-7-2-3-8-13(12)17(19)20/h2-9H,10H2,1H3/p+1. The summed E-state index contributed by atoms with van der Waals surface area (Å²) in [4.78, 5) is 22.3. The number of nitro benzene ring substituents is 1. The van der Waals surface area contributed by atoms with Crippen LogP contribution < -0.4 is 9.88 Å². The van der Waals surface area contributed by atoms with Crippen molar-refractivity contribution < 1.29 is 14.3 Å². The number of aromatic nitrogens is 1. The molecule has 6 nitrogen and oxygen atoms in total. The Kier molecular flexibility index (Phi) is 4.05. The van der Waals surface area contributed by atoms with Crippen LogP contribution in [0.2, 0.25) is 0 Å². The number of amides is 1. The van der Waals surface area contributed by atoms with Crippen LogP contribution in [0.5, 0.6) is 0 Å². The molecule has 1 aromatic carbocycles. The van der Waals surface area contributed by atoms with Crippen molar-refractivity contribution in [3.8, 4) is 0 Å². The second-order valence-corrected chi connectivity index (χ2v) is 4.29. The first kappa shape index (κ1) is 13.7. The molecule has 0 spiro atoms. The molecule has 0 saturated heterocycles. The molecule has 0 aliphatic rings. The molecular weight excluding hydrogens is 258 g/mol. The highest BCUT2D eigenvalue weighted by molar-refractivity contribution is 5.92. The Morgan fingerprint density at radius 2 is 1.95 bits per heavy atom. The van der Waals surface area contributed by atoms with E-state index >= 15 is 0 Å². The molecule has 1 aromatic heterocycles. The monoisotopic (exact) mass is 272 g/mol. The number of benzene rings is 1. The Morgan fingerprint density at radius 1 is 1.25 bits per heavy atom. The highest BCUT2D eigenvalue weighted by Crippen LogP contribution is 2.22. The van der Waals surface area contributed by atoms with Crippen LogP contribution >= 0.6 is 0 Å². The van der Waals surface area contributed by atoms with Crippen LogP contribution in [0.25, 0.3) is 0 Å². The molecule has 0 bridgehead atoms. The number of nitrogens with zero attached hydrogens (tertiary/aromatic N) is 2. The molecule has 102 valence electrons. The van der Waals surface area contributed by atoms with Gasteiger partial charge in [0.2, 0.25) is 6.54 Å². The molecule has 1 heterocycles. The molecule has 1 N–H and O–H groups in total. The fraction of sp³-hybridized carbons (Fsp3) is 0.143. The summed E-state index contributed by atoms with van der Waals surface area (Å²) in [7, 11) is 0. The molecule has 0 aliphatic carbocycles. The van der Waals surface area contributed by atoms with Crippen LogP contribution in [0.3, 0.4) is 0 Å². The number of nitrogens with one attached hydrogen (secondary N) is 1. The number of hydrogen-bond acceptors (Lipinski definition) is 3. The predicted octanol–water partition coefficient (Wildman–Crippen LogP) is 1.83. The number of rotatable bonds is 4. The third kappa shape index (κ3) is 3.17. The largest absolute Gasteiger partial charge is 0.315 e. The summed E-state index contributed by atoms with van der Waals surface area (Å²) in [5, 5.41) is 13.4. The Hall–Kier alpha value is -2.76. The Morgan fingerprint density at radius 3 is 2.65 bits per heavy atom. The van der Waals surface area contributed by atoms with Gasteiger partial charge in [-0.2, -0.15) is 4.57 Å². The van der Waals surface area contributed by atoms with Crippen LogP contribution in [-0.2, 0) is 11.3 Å². The number of anilines is 1. The summed E-state index contributed by atoms with van der Waals surface area (Å²) < 4.78 is 1.77. The molecular formula is C14H14N3O3+. The summed E-state index contributed by atoms with van der Waals surface area (Å²) in [6, 6.07) is 11.7. The van der Waals surface area contributed by atoms with Gasteiger partial charge in [-0.15, -0.1) is 0 Å². The number of para-hydroxylation sites is 2. The number of nitro groups is 1. The third-order valence-corrected chi connectivity index (χ3v) is 2.86. The maximum atomic E-state index is 12.0. The molecule has 20 heavy (non-hydrogen) atoms. The van der Waals surface area contributed by atoms with Crippen molar-refractivity contribution in [3.05, 3.63) is 64.5 Å². The minimum atomic E-state index is -0.517. The summed E-state index contributed by atoms with van der Waals surface area (Å²) >= 11 is 0. The zero-order valence-electron chi connectivity index (χ0n) is 10.9. The molecule has 0 atom stereocenters. The van der Waals surface area contributed by atoms with Crippen LogP contribution in [0, 0.1) is 17.0 Å². The van der Waals surface area contributed by atoms with Gasteiger partial charge in [0.25, 0.3) is 11.6 Å². The molecule has 2 rings (SSSR count). The Labute approximate surface area is 115 Å². The Balaban J connectivity index is 2.13. The van der Waals surface area contributed by atoms with Gasteiger partial charge < -0.3 is 5.32 Å². The normalized spacial score (nSPS) is 10.1. The number of aryl methyl sites for hydroxylation is 1. The van der Waals surface area contributed by atoms with Crippen LogP contribution in [-0.4, -0.2) is 10.8 Å². The zero-order chi connectivity index (χ0) is 14.5. The average Bonchev–Trinajstić information content (AvgIpc) is 2.41. The van der Waals surface area contributed by atoms with E-state index in [0.717, 1.165) is 5.69 Å². The molecule has 0 fully saturated rings. The lowest BCUT2D eigenvalue weighted by molar-refractivity contribution is -0.690. The lowest BCUT2D eigenvalue weighted by Crippen LogP contribution is -2.42. The minimum absolute atomic E-state index is 0.110. The number of pyridine rings is 1. The van der Waals surface area contributed by atoms with Crippen molar-refractivity contribution in [1.82, 2.24) is 0 Å². The second kappa shape index (κ2) is 5.92. The van der Waals surface area contributed by atoms with E-state index in [2.05, 4.69) is 5.32 Å². The fourth-order valence-corrected chi connectivity index (χ4v) is 1.82. The van der Waals surface area contributed by atoms with Crippen molar-refractivity contribution in [2.24, 2.45) is 0 Å². The van der Waals surface area contributed by atoms with Crippen molar-refractivity contribution in [3.63, 3.8) is 0 Å². The fourth-order valence-electron chi connectivity index (χ4n) is 1.82. The maximum Gasteiger partial charge on any atom is 0.292 e. The van der Waals surface area contributed by atoms with Gasteiger partial charge in [-0.05, 0) is 6.07 Å². The first-order valence-corrected chi connectivity index (χ1v) is 6.06. The highest BCUT2D eigenvalue weighted by atomic mass is 16.6. The summed E-state index contributed by atoms with van der Waals surface area (Å²) in [6.07, 6.45) is 1.79. The molecule has 6 heteroatoms. The zero-order valence-corrected chi connectivity index (χ0v) is 10.9. The van der Waals surface area contributed by atoms with E-state index in [1.54, 1.807) is 22.9 Å². The van der Waals surface area contributed by atoms with Crippen LogP contribution in [0.15, 0.2) is 48.7 Å². The predicted molar refractivity (Wildman–Crippen MR) is 73.1 cm³/mol. The molecule has 0 saturated carbocycles. The van der Waals surface area contributed by atoms with Gasteiger partial charge in [-0.1, -0.05) is 18.2 Å². The number of carbonyl (C=O) groups is 1. The Bertz CT molecular complexity index is 656. The van der Waals surface area contributed by atoms with Gasteiger partial charge in [0, 0.05) is 25.1 Å². The summed E-state index contributed by atoms with van der Waals surface area (Å²) in [5.74, 6) is -0.307. The van der Waals surface area contributed by atoms with Crippen molar-refractivity contribution in [2.45, 2.75) is 13.5 Å². The highest BCUT2D eigenvalue weighted by Gasteiger charge is 2.17. The summed E-state index contributed by atoms with van der Waals surface area (Å²) in [5.41, 5.74) is 1.03. The van der Waals surface area contributed by atoms with Crippen LogP contribution in [0.1, 0.15) is 5.69 Å². The van der Waals surface area contributed by atoms with Gasteiger partial charge in [0.15, 0.2) is 11.9 Å². The van der Waals surface area contributed by atoms with E-state index in [-0.39, 0.29) is 23.8 Å². The first-order valence-electron chi connectivity index (χ1n) is 6.06. The van der Waals surface area contributed by atoms with E-state index in [0.29, 0.717) is 0 Å². The second-order valence-electron chi connectivity index (χ2n) is 4.29. The quantitative estimate of drug-likeness (QED) is 0.524. The number of hydrogen-bond donors (Lipinski definition) is 1. The van der Waals surface area contributed by atoms with Gasteiger partial charge in [-0.25, -0.2) is 0 Å². The minimum Gasteiger partial charge on any atom is -0.315 e. The van der Waals surface area contributed by atoms with Crippen molar-refractivity contribution >= 4 is 17.3 Å². The third-order valence-electron chi connectivity index (χ3n) is 2.86. The molecule has 0 radical (unpaired) electrons. The molecule has 1 amide bonds. The number of carbonyl (C=O) groups excluding carboxylic acids is 1. The van der Waals surface area contributed by atoms with E-state index in [4.69, 9.17) is 0 Å². The van der Waals surface area contributed by atoms with E-state index in [1.807, 2.05) is 25.1 Å². The topological polar surface area (TPSA) is 76.1 Å². The van der Waals surface area contributed by atoms with Gasteiger partial charge in [0.05, 0.1) is 4.92 Å². The van der Waals surface area contributed by atoms with E-state index in [9.17, 15) is 14.9 Å². The van der Waals surface area contributed by atoms with Crippen molar-refractivity contribution in [1.29, 1.82) is 0 Å². The molecule has 0 aliphatic heterocycles. The SMILES string of the molecule is Cc1cccc[n+]1CC(=O)Nc1ccccc1[N+](=O)[O-]. The molecule has 2 aromatic rings. The van der Waals surface area contributed by atoms with Gasteiger partial charge in [-0.3, -0.25) is 14.9 Å². The van der Waals surface area contributed by atoms with Crippen molar-refractivity contribution in [2.75, 3.05) is 5.32 Å². The first-order chi connectivity index (χ1) is 9.58. The van der Waals surface area contributed by atoms with E-state index in [1.165, 1.54) is 12.1 Å². The maximum absolute atomic E-state index is 12.0. The van der Waals surface area contributed by atoms with Crippen LogP contribution in [0.4, 0.5) is 11.4 Å². The lowest BCUT2D eigenvalue weighted by Gasteiger charge is -2.04.